The van der Waals surface area contributed by atoms with Gasteiger partial charge in [0, 0.05) is 5.92 Å². The van der Waals surface area contributed by atoms with Crippen LogP contribution in [0.15, 0.2) is 10.5 Å². The predicted molar refractivity (Wildman–Crippen MR) is 66.7 cm³/mol. The summed E-state index contributed by atoms with van der Waals surface area (Å²) in [5.74, 6) is -0.127. The molecule has 0 atom stereocenters. The number of aliphatic carboxylic acids is 1. The first-order valence-corrected chi connectivity index (χ1v) is 5.81. The number of carbonyl (C=O) groups is 2. The molecule has 1 aromatic heterocycles. The van der Waals surface area contributed by atoms with E-state index in [1.165, 1.54) is 13.8 Å². The molecule has 5 nitrogen and oxygen atoms in total. The number of carboxylic acid groups (broad SMARTS) is 1. The Labute approximate surface area is 106 Å². The van der Waals surface area contributed by atoms with Crippen LogP contribution in [-0.4, -0.2) is 22.5 Å². The van der Waals surface area contributed by atoms with Gasteiger partial charge >= 0.3 is 5.97 Å². The molecule has 0 aliphatic heterocycles. The monoisotopic (exact) mass is 253 g/mol. The Hall–Kier alpha value is -1.78. The second-order valence-corrected chi connectivity index (χ2v) is 5.16. The molecule has 0 saturated heterocycles. The molecule has 0 saturated carbocycles. The molecule has 0 radical (unpaired) electrons. The van der Waals surface area contributed by atoms with Gasteiger partial charge in [0.05, 0.1) is 5.56 Å². The van der Waals surface area contributed by atoms with Gasteiger partial charge in [-0.15, -0.1) is 0 Å². The molecule has 2 N–H and O–H groups in total. The summed E-state index contributed by atoms with van der Waals surface area (Å²) in [6.07, 6.45) is 0. The molecule has 1 heterocycles. The van der Waals surface area contributed by atoms with Gasteiger partial charge in [0.15, 0.2) is 0 Å². The van der Waals surface area contributed by atoms with Crippen LogP contribution in [0.4, 0.5) is 0 Å². The SMILES string of the molecule is Cc1oc(C(C)C)cc1C(=O)NC(C)(C)C(=O)O. The third-order valence-corrected chi connectivity index (χ3v) is 2.71. The van der Waals surface area contributed by atoms with E-state index in [-0.39, 0.29) is 5.92 Å². The number of rotatable bonds is 4. The summed E-state index contributed by atoms with van der Waals surface area (Å²) in [4.78, 5) is 22.9. The average Bonchev–Trinajstić information content (AvgIpc) is 2.59. The highest BCUT2D eigenvalue weighted by atomic mass is 16.4. The smallest absolute Gasteiger partial charge is 0.328 e. The highest BCUT2D eigenvalue weighted by Crippen LogP contribution is 2.22. The van der Waals surface area contributed by atoms with Crippen molar-refractivity contribution in [3.05, 3.63) is 23.2 Å². The van der Waals surface area contributed by atoms with Gasteiger partial charge in [-0.3, -0.25) is 4.79 Å². The second-order valence-electron chi connectivity index (χ2n) is 5.16. The van der Waals surface area contributed by atoms with Gasteiger partial charge in [-0.25, -0.2) is 4.79 Å². The van der Waals surface area contributed by atoms with Crippen molar-refractivity contribution in [1.29, 1.82) is 0 Å². The molecule has 0 bridgehead atoms. The van der Waals surface area contributed by atoms with E-state index in [1.807, 2.05) is 13.8 Å². The van der Waals surface area contributed by atoms with Crippen molar-refractivity contribution >= 4 is 11.9 Å². The van der Waals surface area contributed by atoms with Crippen LogP contribution >= 0.6 is 0 Å². The Morgan fingerprint density at radius 3 is 2.33 bits per heavy atom. The molecule has 0 spiro atoms. The van der Waals surface area contributed by atoms with Crippen molar-refractivity contribution in [2.45, 2.75) is 46.1 Å². The number of hydrogen-bond acceptors (Lipinski definition) is 3. The maximum absolute atomic E-state index is 12.0. The van der Waals surface area contributed by atoms with E-state index in [4.69, 9.17) is 9.52 Å². The van der Waals surface area contributed by atoms with Gasteiger partial charge < -0.3 is 14.8 Å². The van der Waals surface area contributed by atoms with E-state index in [9.17, 15) is 9.59 Å². The van der Waals surface area contributed by atoms with Crippen LogP contribution in [0.25, 0.3) is 0 Å². The summed E-state index contributed by atoms with van der Waals surface area (Å²) < 4.78 is 5.46. The van der Waals surface area contributed by atoms with E-state index in [2.05, 4.69) is 5.32 Å². The number of hydrogen-bond donors (Lipinski definition) is 2. The van der Waals surface area contributed by atoms with Crippen LogP contribution < -0.4 is 5.32 Å². The molecular formula is C13H19NO4. The molecule has 0 unspecified atom stereocenters. The van der Waals surface area contributed by atoms with E-state index in [1.54, 1.807) is 13.0 Å². The maximum Gasteiger partial charge on any atom is 0.328 e. The van der Waals surface area contributed by atoms with Crippen molar-refractivity contribution in [3.63, 3.8) is 0 Å². The zero-order chi connectivity index (χ0) is 14.1. The Bertz CT molecular complexity index is 471. The highest BCUT2D eigenvalue weighted by molar-refractivity contribution is 5.98. The second kappa shape index (κ2) is 4.84. The van der Waals surface area contributed by atoms with Crippen LogP contribution in [0, 0.1) is 6.92 Å². The summed E-state index contributed by atoms with van der Waals surface area (Å²) in [5, 5.41) is 11.4. The molecule has 1 rings (SSSR count). The highest BCUT2D eigenvalue weighted by Gasteiger charge is 2.30. The number of carboxylic acids is 1. The largest absolute Gasteiger partial charge is 0.480 e. The lowest BCUT2D eigenvalue weighted by molar-refractivity contribution is -0.143. The number of furan rings is 1. The number of aryl methyl sites for hydroxylation is 1. The minimum absolute atomic E-state index is 0.178. The van der Waals surface area contributed by atoms with Crippen molar-refractivity contribution in [2.24, 2.45) is 0 Å². The van der Waals surface area contributed by atoms with Gasteiger partial charge in [0.1, 0.15) is 17.1 Å². The molecule has 100 valence electrons. The standard InChI is InChI=1S/C13H19NO4/c1-7(2)10-6-9(8(3)18-10)11(15)14-13(4,5)12(16)17/h6-7H,1-5H3,(H,14,15)(H,16,17). The van der Waals surface area contributed by atoms with E-state index in [0.717, 1.165) is 0 Å². The van der Waals surface area contributed by atoms with Crippen LogP contribution in [-0.2, 0) is 4.79 Å². The first kappa shape index (κ1) is 14.3. The zero-order valence-electron chi connectivity index (χ0n) is 11.3. The molecule has 18 heavy (non-hydrogen) atoms. The Morgan fingerprint density at radius 1 is 1.39 bits per heavy atom. The van der Waals surface area contributed by atoms with Gasteiger partial charge in [-0.1, -0.05) is 13.8 Å². The third-order valence-electron chi connectivity index (χ3n) is 2.71. The number of carbonyl (C=O) groups excluding carboxylic acids is 1. The van der Waals surface area contributed by atoms with Gasteiger partial charge in [0.2, 0.25) is 0 Å². The Balaban J connectivity index is 2.95. The fraction of sp³-hybridized carbons (Fsp3) is 0.538. The molecular weight excluding hydrogens is 234 g/mol. The van der Waals surface area contributed by atoms with Gasteiger partial charge in [-0.2, -0.15) is 0 Å². The molecule has 1 amide bonds. The van der Waals surface area contributed by atoms with Crippen molar-refractivity contribution in [1.82, 2.24) is 5.32 Å². The third kappa shape index (κ3) is 2.91. The lowest BCUT2D eigenvalue weighted by Gasteiger charge is -2.20. The summed E-state index contributed by atoms with van der Waals surface area (Å²) >= 11 is 0. The summed E-state index contributed by atoms with van der Waals surface area (Å²) in [5.41, 5.74) is -0.924. The summed E-state index contributed by atoms with van der Waals surface area (Å²) in [7, 11) is 0. The first-order valence-electron chi connectivity index (χ1n) is 5.81. The molecule has 0 aliphatic rings. The summed E-state index contributed by atoms with van der Waals surface area (Å²) in [6.45, 7) is 8.48. The predicted octanol–water partition coefficient (Wildman–Crippen LogP) is 2.30. The van der Waals surface area contributed by atoms with Gasteiger partial charge in [-0.05, 0) is 26.8 Å². The minimum Gasteiger partial charge on any atom is -0.480 e. The van der Waals surface area contributed by atoms with Crippen molar-refractivity contribution in [2.75, 3.05) is 0 Å². The number of nitrogens with one attached hydrogen (secondary N) is 1. The Morgan fingerprint density at radius 2 is 1.94 bits per heavy atom. The zero-order valence-corrected chi connectivity index (χ0v) is 11.3. The lowest BCUT2D eigenvalue weighted by Crippen LogP contribution is -2.49. The van der Waals surface area contributed by atoms with E-state index in [0.29, 0.717) is 17.1 Å². The Kier molecular flexibility index (Phi) is 3.84. The van der Waals surface area contributed by atoms with Crippen molar-refractivity contribution in [3.8, 4) is 0 Å². The van der Waals surface area contributed by atoms with Crippen LogP contribution in [0.1, 0.15) is 55.5 Å². The van der Waals surface area contributed by atoms with Crippen LogP contribution in [0.2, 0.25) is 0 Å². The molecule has 0 aromatic carbocycles. The molecule has 5 heteroatoms. The van der Waals surface area contributed by atoms with E-state index >= 15 is 0 Å². The van der Waals surface area contributed by atoms with Crippen LogP contribution in [0.3, 0.4) is 0 Å². The molecule has 0 fully saturated rings. The minimum atomic E-state index is -1.31. The fourth-order valence-corrected chi connectivity index (χ4v) is 1.42. The first-order chi connectivity index (χ1) is 8.15. The fourth-order valence-electron chi connectivity index (χ4n) is 1.42. The molecule has 0 aliphatic carbocycles. The summed E-state index contributed by atoms with van der Waals surface area (Å²) in [6, 6.07) is 1.66. The topological polar surface area (TPSA) is 79.5 Å². The quantitative estimate of drug-likeness (QED) is 0.862. The van der Waals surface area contributed by atoms with Crippen molar-refractivity contribution < 1.29 is 19.1 Å². The average molecular weight is 253 g/mol. The normalized spacial score (nSPS) is 11.7. The maximum atomic E-state index is 12.0. The van der Waals surface area contributed by atoms with E-state index < -0.39 is 17.4 Å². The molecule has 1 aromatic rings. The van der Waals surface area contributed by atoms with Gasteiger partial charge in [0.25, 0.3) is 5.91 Å². The number of amides is 1. The lowest BCUT2D eigenvalue weighted by atomic mass is 10.0. The van der Waals surface area contributed by atoms with Crippen LogP contribution in [0.5, 0.6) is 0 Å².